The van der Waals surface area contributed by atoms with E-state index in [9.17, 15) is 0 Å². The summed E-state index contributed by atoms with van der Waals surface area (Å²) in [5.74, 6) is 0. The Balaban J connectivity index is 1.76. The molecule has 3 rings (SSSR count). The first kappa shape index (κ1) is 13.1. The van der Waals surface area contributed by atoms with Crippen LogP contribution in [0.2, 0.25) is 0 Å². The number of thiazole rings is 1. The van der Waals surface area contributed by atoms with Crippen LogP contribution in [0.1, 0.15) is 10.7 Å². The van der Waals surface area contributed by atoms with E-state index in [4.69, 9.17) is 0 Å². The summed E-state index contributed by atoms with van der Waals surface area (Å²) in [5, 5.41) is 13.3. The standard InChI is InChI=1S/C13H13N5S2/c1-9-15-10(8-19-9)7-18(2)13-17-16-12(20-13)11-5-3-4-6-14-11/h3-6,8H,7H2,1-2H3. The van der Waals surface area contributed by atoms with Gasteiger partial charge >= 0.3 is 0 Å². The van der Waals surface area contributed by atoms with Gasteiger partial charge in [-0.15, -0.1) is 21.5 Å². The van der Waals surface area contributed by atoms with Crippen LogP contribution in [0.4, 0.5) is 5.13 Å². The molecule has 0 aliphatic heterocycles. The van der Waals surface area contributed by atoms with Gasteiger partial charge in [0.25, 0.3) is 0 Å². The molecule has 0 fully saturated rings. The number of aromatic nitrogens is 4. The molecule has 0 aromatic carbocycles. The number of anilines is 1. The molecule has 5 nitrogen and oxygen atoms in total. The third kappa shape index (κ3) is 2.83. The molecule has 0 bridgehead atoms. The fraction of sp³-hybridized carbons (Fsp3) is 0.231. The van der Waals surface area contributed by atoms with Gasteiger partial charge in [0.05, 0.1) is 17.2 Å². The quantitative estimate of drug-likeness (QED) is 0.741. The number of hydrogen-bond donors (Lipinski definition) is 0. The molecule has 0 amide bonds. The van der Waals surface area contributed by atoms with Crippen LogP contribution in [-0.2, 0) is 6.54 Å². The number of aryl methyl sites for hydroxylation is 1. The van der Waals surface area contributed by atoms with E-state index in [0.717, 1.165) is 33.1 Å². The van der Waals surface area contributed by atoms with E-state index in [0.29, 0.717) is 0 Å². The predicted molar refractivity (Wildman–Crippen MR) is 82.1 cm³/mol. The van der Waals surface area contributed by atoms with Gasteiger partial charge in [-0.3, -0.25) is 4.98 Å². The molecule has 20 heavy (non-hydrogen) atoms. The molecule has 0 unspecified atom stereocenters. The van der Waals surface area contributed by atoms with E-state index in [-0.39, 0.29) is 0 Å². The molecular weight excluding hydrogens is 290 g/mol. The normalized spacial score (nSPS) is 10.7. The molecule has 0 aliphatic carbocycles. The van der Waals surface area contributed by atoms with Crippen molar-refractivity contribution in [3.05, 3.63) is 40.5 Å². The van der Waals surface area contributed by atoms with Crippen molar-refractivity contribution < 1.29 is 0 Å². The molecule has 3 aromatic heterocycles. The Kier molecular flexibility index (Phi) is 3.70. The lowest BCUT2D eigenvalue weighted by atomic mass is 10.4. The third-order valence-electron chi connectivity index (χ3n) is 2.69. The molecule has 0 N–H and O–H groups in total. The van der Waals surface area contributed by atoms with Gasteiger partial charge in [0, 0.05) is 18.6 Å². The fourth-order valence-electron chi connectivity index (χ4n) is 1.75. The van der Waals surface area contributed by atoms with E-state index < -0.39 is 0 Å². The van der Waals surface area contributed by atoms with Gasteiger partial charge in [-0.1, -0.05) is 17.4 Å². The summed E-state index contributed by atoms with van der Waals surface area (Å²) in [4.78, 5) is 10.8. The van der Waals surface area contributed by atoms with Crippen LogP contribution in [0.3, 0.4) is 0 Å². The van der Waals surface area contributed by atoms with Crippen LogP contribution >= 0.6 is 22.7 Å². The second-order valence-electron chi connectivity index (χ2n) is 4.32. The summed E-state index contributed by atoms with van der Waals surface area (Å²) in [6.45, 7) is 2.75. The second-order valence-corrected chi connectivity index (χ2v) is 6.34. The molecule has 0 saturated heterocycles. The first-order chi connectivity index (χ1) is 9.72. The number of hydrogen-bond acceptors (Lipinski definition) is 7. The number of nitrogens with zero attached hydrogens (tertiary/aromatic N) is 5. The van der Waals surface area contributed by atoms with Gasteiger partial charge in [-0.25, -0.2) is 4.98 Å². The zero-order valence-corrected chi connectivity index (χ0v) is 12.8. The zero-order chi connectivity index (χ0) is 13.9. The Hall–Kier alpha value is -1.86. The van der Waals surface area contributed by atoms with Crippen LogP contribution in [0.15, 0.2) is 29.8 Å². The topological polar surface area (TPSA) is 54.8 Å². The van der Waals surface area contributed by atoms with Crippen molar-refractivity contribution in [1.29, 1.82) is 0 Å². The SMILES string of the molecule is Cc1nc(CN(C)c2nnc(-c3ccccn3)s2)cs1. The van der Waals surface area contributed by atoms with Crippen molar-refractivity contribution in [2.75, 3.05) is 11.9 Å². The highest BCUT2D eigenvalue weighted by Crippen LogP contribution is 2.27. The lowest BCUT2D eigenvalue weighted by Gasteiger charge is -2.12. The summed E-state index contributed by atoms with van der Waals surface area (Å²) >= 11 is 3.20. The maximum absolute atomic E-state index is 4.46. The second kappa shape index (κ2) is 5.64. The Morgan fingerprint density at radius 3 is 2.85 bits per heavy atom. The lowest BCUT2D eigenvalue weighted by molar-refractivity contribution is 0.869. The third-order valence-corrected chi connectivity index (χ3v) is 4.57. The highest BCUT2D eigenvalue weighted by atomic mass is 32.1. The van der Waals surface area contributed by atoms with Crippen LogP contribution in [0.5, 0.6) is 0 Å². The first-order valence-electron chi connectivity index (χ1n) is 6.09. The highest BCUT2D eigenvalue weighted by Gasteiger charge is 2.12. The highest BCUT2D eigenvalue weighted by molar-refractivity contribution is 7.18. The smallest absolute Gasteiger partial charge is 0.208 e. The average Bonchev–Trinajstić information content (AvgIpc) is 3.09. The molecule has 0 aliphatic rings. The summed E-state index contributed by atoms with van der Waals surface area (Å²) in [6.07, 6.45) is 1.76. The lowest BCUT2D eigenvalue weighted by Crippen LogP contribution is -2.16. The van der Waals surface area contributed by atoms with Crippen LogP contribution < -0.4 is 4.90 Å². The van der Waals surface area contributed by atoms with Gasteiger partial charge in [-0.05, 0) is 19.1 Å². The largest absolute Gasteiger partial charge is 0.344 e. The number of rotatable bonds is 4. The van der Waals surface area contributed by atoms with Gasteiger partial charge in [0.15, 0.2) is 5.01 Å². The molecule has 3 aromatic rings. The summed E-state index contributed by atoms with van der Waals surface area (Å²) in [6, 6.07) is 5.78. The molecule has 102 valence electrons. The van der Waals surface area contributed by atoms with Crippen LogP contribution in [-0.4, -0.2) is 27.2 Å². The van der Waals surface area contributed by atoms with Crippen molar-refractivity contribution in [3.8, 4) is 10.7 Å². The number of pyridine rings is 1. The minimum atomic E-state index is 0.737. The molecule has 0 atom stereocenters. The maximum atomic E-state index is 4.46. The summed E-state index contributed by atoms with van der Waals surface area (Å²) < 4.78 is 0. The van der Waals surface area contributed by atoms with E-state index >= 15 is 0 Å². The van der Waals surface area contributed by atoms with Gasteiger partial charge < -0.3 is 4.90 Å². The van der Waals surface area contributed by atoms with Crippen molar-refractivity contribution in [2.45, 2.75) is 13.5 Å². The van der Waals surface area contributed by atoms with E-state index in [1.165, 1.54) is 11.3 Å². The van der Waals surface area contributed by atoms with Crippen LogP contribution in [0, 0.1) is 6.92 Å². The van der Waals surface area contributed by atoms with E-state index in [2.05, 4.69) is 30.4 Å². The first-order valence-corrected chi connectivity index (χ1v) is 7.79. The zero-order valence-electron chi connectivity index (χ0n) is 11.1. The average molecular weight is 303 g/mol. The fourth-order valence-corrected chi connectivity index (χ4v) is 3.14. The Bertz CT molecular complexity index is 692. The Morgan fingerprint density at radius 2 is 2.15 bits per heavy atom. The summed E-state index contributed by atoms with van der Waals surface area (Å²) in [7, 11) is 2.00. The van der Waals surface area contributed by atoms with Crippen molar-refractivity contribution >= 4 is 27.8 Å². The Labute approximate surface area is 125 Å². The minimum absolute atomic E-state index is 0.737. The monoisotopic (exact) mass is 303 g/mol. The Morgan fingerprint density at radius 1 is 1.25 bits per heavy atom. The predicted octanol–water partition coefficient (Wildman–Crippen LogP) is 3.00. The maximum Gasteiger partial charge on any atom is 0.208 e. The van der Waals surface area contributed by atoms with Gasteiger partial charge in [0.1, 0.15) is 5.69 Å². The van der Waals surface area contributed by atoms with E-state index in [1.54, 1.807) is 17.5 Å². The van der Waals surface area contributed by atoms with Crippen LogP contribution in [0.25, 0.3) is 10.7 Å². The molecule has 0 saturated carbocycles. The molecule has 0 radical (unpaired) electrons. The van der Waals surface area contributed by atoms with Crippen molar-refractivity contribution in [1.82, 2.24) is 20.2 Å². The summed E-state index contributed by atoms with van der Waals surface area (Å²) in [5.41, 5.74) is 1.92. The van der Waals surface area contributed by atoms with Gasteiger partial charge in [-0.2, -0.15) is 0 Å². The molecule has 0 spiro atoms. The van der Waals surface area contributed by atoms with Crippen molar-refractivity contribution in [2.24, 2.45) is 0 Å². The van der Waals surface area contributed by atoms with E-state index in [1.807, 2.05) is 32.2 Å². The molecule has 7 heteroatoms. The molecule has 3 heterocycles. The minimum Gasteiger partial charge on any atom is -0.344 e. The molecular formula is C13H13N5S2. The van der Waals surface area contributed by atoms with Gasteiger partial charge in [0.2, 0.25) is 5.13 Å². The van der Waals surface area contributed by atoms with Crippen molar-refractivity contribution in [3.63, 3.8) is 0 Å².